The fourth-order valence-corrected chi connectivity index (χ4v) is 1.79. The van der Waals surface area contributed by atoms with Crippen LogP contribution >= 0.6 is 0 Å². The maximum absolute atomic E-state index is 11.5. The van der Waals surface area contributed by atoms with Gasteiger partial charge in [0.2, 0.25) is 0 Å². The molecule has 16 heavy (non-hydrogen) atoms. The van der Waals surface area contributed by atoms with Crippen molar-refractivity contribution in [2.24, 2.45) is 5.92 Å². The van der Waals surface area contributed by atoms with E-state index in [2.05, 4.69) is 11.8 Å². The Morgan fingerprint density at radius 3 is 2.75 bits per heavy atom. The lowest BCUT2D eigenvalue weighted by atomic mass is 10.1. The summed E-state index contributed by atoms with van der Waals surface area (Å²) in [6.45, 7) is 8.82. The van der Waals surface area contributed by atoms with Crippen molar-refractivity contribution in [3.05, 3.63) is 0 Å². The number of carbonyl (C=O) groups is 1. The van der Waals surface area contributed by atoms with E-state index in [1.165, 1.54) is 0 Å². The minimum atomic E-state index is -0.0601. The van der Waals surface area contributed by atoms with E-state index in [4.69, 9.17) is 9.47 Å². The SMILES string of the molecule is CCCC(C)C(=O)OCCN1CCOCC1. The lowest BCUT2D eigenvalue weighted by Gasteiger charge is -2.26. The standard InChI is InChI=1S/C12H23NO3/c1-3-4-11(2)12(14)16-10-7-13-5-8-15-9-6-13/h11H,3-10H2,1-2H3. The summed E-state index contributed by atoms with van der Waals surface area (Å²) in [5.74, 6) is -0.0233. The molecule has 0 saturated carbocycles. The van der Waals surface area contributed by atoms with E-state index in [1.807, 2.05) is 6.92 Å². The molecule has 4 nitrogen and oxygen atoms in total. The molecule has 94 valence electrons. The molecule has 0 spiro atoms. The fraction of sp³-hybridized carbons (Fsp3) is 0.917. The van der Waals surface area contributed by atoms with Crippen LogP contribution in [0.1, 0.15) is 26.7 Å². The highest BCUT2D eigenvalue weighted by Crippen LogP contribution is 2.07. The molecule has 1 atom stereocenters. The number of hydrogen-bond acceptors (Lipinski definition) is 4. The molecule has 1 heterocycles. The quantitative estimate of drug-likeness (QED) is 0.643. The first-order chi connectivity index (χ1) is 7.74. The Morgan fingerprint density at radius 1 is 1.44 bits per heavy atom. The van der Waals surface area contributed by atoms with E-state index in [0.29, 0.717) is 6.61 Å². The Hall–Kier alpha value is -0.610. The molecule has 0 aliphatic carbocycles. The lowest BCUT2D eigenvalue weighted by Crippen LogP contribution is -2.38. The number of esters is 1. The Bertz CT molecular complexity index is 202. The van der Waals surface area contributed by atoms with Crippen molar-refractivity contribution in [1.82, 2.24) is 4.90 Å². The van der Waals surface area contributed by atoms with E-state index in [1.54, 1.807) is 0 Å². The van der Waals surface area contributed by atoms with Crippen molar-refractivity contribution >= 4 is 5.97 Å². The van der Waals surface area contributed by atoms with Crippen LogP contribution in [0.2, 0.25) is 0 Å². The van der Waals surface area contributed by atoms with Crippen LogP contribution in [0.4, 0.5) is 0 Å². The number of nitrogens with zero attached hydrogens (tertiary/aromatic N) is 1. The number of ether oxygens (including phenoxy) is 2. The molecule has 1 fully saturated rings. The second-order valence-electron chi connectivity index (χ2n) is 4.31. The van der Waals surface area contributed by atoms with Gasteiger partial charge in [0.05, 0.1) is 19.1 Å². The molecular weight excluding hydrogens is 206 g/mol. The summed E-state index contributed by atoms with van der Waals surface area (Å²) in [5, 5.41) is 0. The monoisotopic (exact) mass is 229 g/mol. The summed E-state index contributed by atoms with van der Waals surface area (Å²) in [5.41, 5.74) is 0. The van der Waals surface area contributed by atoms with Gasteiger partial charge < -0.3 is 9.47 Å². The summed E-state index contributed by atoms with van der Waals surface area (Å²) < 4.78 is 10.5. The predicted octanol–water partition coefficient (Wildman–Crippen LogP) is 1.30. The van der Waals surface area contributed by atoms with Gasteiger partial charge in [-0.3, -0.25) is 9.69 Å². The Balaban J connectivity index is 2.07. The minimum absolute atomic E-state index is 0.0367. The fourth-order valence-electron chi connectivity index (χ4n) is 1.79. The first kappa shape index (κ1) is 13.5. The van der Waals surface area contributed by atoms with Crippen molar-refractivity contribution < 1.29 is 14.3 Å². The highest BCUT2D eigenvalue weighted by molar-refractivity contribution is 5.71. The van der Waals surface area contributed by atoms with Gasteiger partial charge in [-0.1, -0.05) is 20.3 Å². The Kier molecular flexibility index (Phi) is 6.42. The zero-order valence-electron chi connectivity index (χ0n) is 10.4. The van der Waals surface area contributed by atoms with Crippen molar-refractivity contribution in [1.29, 1.82) is 0 Å². The van der Waals surface area contributed by atoms with Crippen LogP contribution in [-0.2, 0) is 14.3 Å². The normalized spacial score (nSPS) is 19.4. The molecule has 0 radical (unpaired) electrons. The zero-order chi connectivity index (χ0) is 11.8. The van der Waals surface area contributed by atoms with Crippen LogP contribution in [0.5, 0.6) is 0 Å². The predicted molar refractivity (Wildman–Crippen MR) is 62.3 cm³/mol. The van der Waals surface area contributed by atoms with E-state index >= 15 is 0 Å². The molecule has 0 N–H and O–H groups in total. The first-order valence-corrected chi connectivity index (χ1v) is 6.20. The molecule has 4 heteroatoms. The van der Waals surface area contributed by atoms with Crippen molar-refractivity contribution in [2.75, 3.05) is 39.5 Å². The van der Waals surface area contributed by atoms with Gasteiger partial charge in [0.25, 0.3) is 0 Å². The third-order valence-corrected chi connectivity index (χ3v) is 2.88. The highest BCUT2D eigenvalue weighted by atomic mass is 16.5. The zero-order valence-corrected chi connectivity index (χ0v) is 10.4. The summed E-state index contributed by atoms with van der Waals surface area (Å²) in [6, 6.07) is 0. The maximum Gasteiger partial charge on any atom is 0.308 e. The molecule has 0 bridgehead atoms. The second-order valence-corrected chi connectivity index (χ2v) is 4.31. The second kappa shape index (κ2) is 7.63. The van der Waals surface area contributed by atoms with Gasteiger partial charge in [-0.2, -0.15) is 0 Å². The van der Waals surface area contributed by atoms with Crippen LogP contribution in [0.3, 0.4) is 0 Å². The molecule has 1 rings (SSSR count). The minimum Gasteiger partial charge on any atom is -0.464 e. The molecular formula is C12H23NO3. The molecule has 0 aromatic heterocycles. The average Bonchev–Trinajstić information content (AvgIpc) is 2.30. The number of carbonyl (C=O) groups excluding carboxylic acids is 1. The molecule has 0 aromatic rings. The first-order valence-electron chi connectivity index (χ1n) is 6.20. The third-order valence-electron chi connectivity index (χ3n) is 2.88. The van der Waals surface area contributed by atoms with E-state index < -0.39 is 0 Å². The van der Waals surface area contributed by atoms with Gasteiger partial charge in [-0.15, -0.1) is 0 Å². The van der Waals surface area contributed by atoms with Gasteiger partial charge in [0.15, 0.2) is 0 Å². The average molecular weight is 229 g/mol. The molecule has 1 aliphatic rings. The Labute approximate surface area is 97.9 Å². The third kappa shape index (κ3) is 4.94. The van der Waals surface area contributed by atoms with Crippen molar-refractivity contribution in [3.8, 4) is 0 Å². The number of rotatable bonds is 6. The maximum atomic E-state index is 11.5. The summed E-state index contributed by atoms with van der Waals surface area (Å²) in [6.07, 6.45) is 1.94. The smallest absolute Gasteiger partial charge is 0.308 e. The highest BCUT2D eigenvalue weighted by Gasteiger charge is 2.14. The summed E-state index contributed by atoms with van der Waals surface area (Å²) in [7, 11) is 0. The van der Waals surface area contributed by atoms with E-state index in [9.17, 15) is 4.79 Å². The van der Waals surface area contributed by atoms with Crippen LogP contribution < -0.4 is 0 Å². The molecule has 0 aromatic carbocycles. The van der Waals surface area contributed by atoms with Gasteiger partial charge >= 0.3 is 5.97 Å². The van der Waals surface area contributed by atoms with Gasteiger partial charge in [-0.05, 0) is 6.42 Å². The lowest BCUT2D eigenvalue weighted by molar-refractivity contribution is -0.148. The largest absolute Gasteiger partial charge is 0.464 e. The van der Waals surface area contributed by atoms with Crippen molar-refractivity contribution in [2.45, 2.75) is 26.7 Å². The Morgan fingerprint density at radius 2 is 2.12 bits per heavy atom. The van der Waals surface area contributed by atoms with Crippen molar-refractivity contribution in [3.63, 3.8) is 0 Å². The topological polar surface area (TPSA) is 38.8 Å². The van der Waals surface area contributed by atoms with E-state index in [0.717, 1.165) is 45.7 Å². The van der Waals surface area contributed by atoms with Gasteiger partial charge in [0.1, 0.15) is 6.61 Å². The van der Waals surface area contributed by atoms with Gasteiger partial charge in [0, 0.05) is 19.6 Å². The molecule has 1 aliphatic heterocycles. The van der Waals surface area contributed by atoms with Crippen LogP contribution in [0.25, 0.3) is 0 Å². The van der Waals surface area contributed by atoms with Crippen LogP contribution in [0.15, 0.2) is 0 Å². The molecule has 0 amide bonds. The summed E-state index contributed by atoms with van der Waals surface area (Å²) in [4.78, 5) is 13.8. The number of hydrogen-bond donors (Lipinski definition) is 0. The molecule has 1 saturated heterocycles. The molecule has 1 unspecified atom stereocenters. The van der Waals surface area contributed by atoms with E-state index in [-0.39, 0.29) is 11.9 Å². The summed E-state index contributed by atoms with van der Waals surface area (Å²) >= 11 is 0. The van der Waals surface area contributed by atoms with Crippen LogP contribution in [0, 0.1) is 5.92 Å². The number of morpholine rings is 1. The van der Waals surface area contributed by atoms with Gasteiger partial charge in [-0.25, -0.2) is 0 Å². The van der Waals surface area contributed by atoms with Crippen LogP contribution in [-0.4, -0.2) is 50.3 Å².